The summed E-state index contributed by atoms with van der Waals surface area (Å²) in [5.74, 6) is -1.02. The van der Waals surface area contributed by atoms with E-state index in [1.807, 2.05) is 0 Å². The topological polar surface area (TPSA) is 75.3 Å². The zero-order valence-electron chi connectivity index (χ0n) is 8.83. The highest BCUT2D eigenvalue weighted by Crippen LogP contribution is 2.22. The lowest BCUT2D eigenvalue weighted by molar-refractivity contribution is -0.119. The van der Waals surface area contributed by atoms with Crippen molar-refractivity contribution in [3.63, 3.8) is 0 Å². The van der Waals surface area contributed by atoms with E-state index in [4.69, 9.17) is 0 Å². The van der Waals surface area contributed by atoms with Gasteiger partial charge in [-0.2, -0.15) is 0 Å². The molecular weight excluding hydrogens is 315 g/mol. The Kier molecular flexibility index (Phi) is 4.61. The normalized spacial score (nSPS) is 11.2. The zero-order chi connectivity index (χ0) is 13.1. The van der Waals surface area contributed by atoms with Gasteiger partial charge in [0.1, 0.15) is 5.82 Å². The quantitative estimate of drug-likeness (QED) is 0.852. The van der Waals surface area contributed by atoms with Crippen LogP contribution in [0.1, 0.15) is 0 Å². The lowest BCUT2D eigenvalue weighted by Gasteiger charge is -2.07. The molecule has 0 atom stereocenters. The minimum absolute atomic E-state index is 0.0990. The van der Waals surface area contributed by atoms with Crippen molar-refractivity contribution in [2.75, 3.05) is 13.6 Å². The van der Waals surface area contributed by atoms with Crippen LogP contribution in [0.15, 0.2) is 27.6 Å². The molecule has 0 radical (unpaired) electrons. The predicted octanol–water partition coefficient (Wildman–Crippen LogP) is 0.612. The number of hydrogen-bond acceptors (Lipinski definition) is 3. The fourth-order valence-corrected chi connectivity index (χ4v) is 3.05. The fraction of sp³-hybridized carbons (Fsp3) is 0.222. The van der Waals surface area contributed by atoms with Gasteiger partial charge in [0.15, 0.2) is 0 Å². The number of rotatable bonds is 4. The molecule has 1 amide bonds. The lowest BCUT2D eigenvalue weighted by Crippen LogP contribution is -2.35. The van der Waals surface area contributed by atoms with Crippen molar-refractivity contribution in [3.8, 4) is 0 Å². The number of likely N-dealkylation sites (N-methyl/N-ethyl adjacent to an activating group) is 1. The van der Waals surface area contributed by atoms with Gasteiger partial charge in [0, 0.05) is 11.5 Å². The Hall–Kier alpha value is -0.990. The lowest BCUT2D eigenvalue weighted by atomic mass is 10.3. The van der Waals surface area contributed by atoms with Crippen LogP contribution in [-0.2, 0) is 14.8 Å². The van der Waals surface area contributed by atoms with Crippen LogP contribution in [0.4, 0.5) is 4.39 Å². The molecule has 1 aromatic carbocycles. The average molecular weight is 325 g/mol. The van der Waals surface area contributed by atoms with E-state index in [0.29, 0.717) is 0 Å². The minimum atomic E-state index is -3.84. The summed E-state index contributed by atoms with van der Waals surface area (Å²) in [6.45, 7) is -0.372. The van der Waals surface area contributed by atoms with Crippen molar-refractivity contribution in [1.82, 2.24) is 10.0 Å². The zero-order valence-corrected chi connectivity index (χ0v) is 11.2. The second-order valence-corrected chi connectivity index (χ2v) is 5.66. The van der Waals surface area contributed by atoms with Gasteiger partial charge in [0.05, 0.1) is 11.4 Å². The number of nitrogens with one attached hydrogen (secondary N) is 2. The first-order valence-electron chi connectivity index (χ1n) is 4.52. The molecular formula is C9H10BrFN2O3S. The van der Waals surface area contributed by atoms with Gasteiger partial charge in [-0.25, -0.2) is 17.5 Å². The maximum absolute atomic E-state index is 12.8. The molecule has 2 N–H and O–H groups in total. The van der Waals surface area contributed by atoms with E-state index in [0.717, 1.165) is 18.2 Å². The Morgan fingerprint density at radius 3 is 2.65 bits per heavy atom. The minimum Gasteiger partial charge on any atom is -0.358 e. The monoisotopic (exact) mass is 324 g/mol. The number of carbonyl (C=O) groups excluding carboxylic acids is 1. The molecule has 17 heavy (non-hydrogen) atoms. The van der Waals surface area contributed by atoms with Crippen molar-refractivity contribution in [2.24, 2.45) is 0 Å². The number of sulfonamides is 1. The summed E-state index contributed by atoms with van der Waals surface area (Å²) in [6.07, 6.45) is 0. The van der Waals surface area contributed by atoms with E-state index in [1.165, 1.54) is 7.05 Å². The SMILES string of the molecule is CNC(=O)CNS(=O)(=O)c1ccc(F)cc1Br. The van der Waals surface area contributed by atoms with Crippen LogP contribution in [0.2, 0.25) is 0 Å². The van der Waals surface area contributed by atoms with E-state index in [-0.39, 0.29) is 15.9 Å². The highest BCUT2D eigenvalue weighted by Gasteiger charge is 2.18. The smallest absolute Gasteiger partial charge is 0.242 e. The second-order valence-electron chi connectivity index (χ2n) is 3.07. The molecule has 0 spiro atoms. The molecule has 94 valence electrons. The van der Waals surface area contributed by atoms with Crippen molar-refractivity contribution in [2.45, 2.75) is 4.90 Å². The molecule has 0 saturated carbocycles. The Bertz CT molecular complexity index is 533. The van der Waals surface area contributed by atoms with E-state index >= 15 is 0 Å². The van der Waals surface area contributed by atoms with Gasteiger partial charge in [-0.1, -0.05) is 0 Å². The molecule has 0 aromatic heterocycles. The van der Waals surface area contributed by atoms with Crippen LogP contribution in [0.5, 0.6) is 0 Å². The van der Waals surface area contributed by atoms with Crippen LogP contribution in [0, 0.1) is 5.82 Å². The number of halogens is 2. The molecule has 0 aliphatic heterocycles. The second kappa shape index (κ2) is 5.56. The van der Waals surface area contributed by atoms with Crippen molar-refractivity contribution < 1.29 is 17.6 Å². The third kappa shape index (κ3) is 3.76. The Labute approximate surface area is 107 Å². The van der Waals surface area contributed by atoms with Gasteiger partial charge < -0.3 is 5.32 Å². The van der Waals surface area contributed by atoms with Gasteiger partial charge in [-0.3, -0.25) is 4.79 Å². The van der Waals surface area contributed by atoms with Gasteiger partial charge in [0.2, 0.25) is 15.9 Å². The first kappa shape index (κ1) is 14.1. The summed E-state index contributed by atoms with van der Waals surface area (Å²) >= 11 is 2.95. The third-order valence-corrected chi connectivity index (χ3v) is 4.26. The molecule has 0 fully saturated rings. The third-order valence-electron chi connectivity index (χ3n) is 1.89. The molecule has 5 nitrogen and oxygen atoms in total. The fourth-order valence-electron chi connectivity index (χ4n) is 1.02. The average Bonchev–Trinajstić information content (AvgIpc) is 2.25. The van der Waals surface area contributed by atoms with Crippen molar-refractivity contribution >= 4 is 31.9 Å². The van der Waals surface area contributed by atoms with Gasteiger partial charge in [-0.15, -0.1) is 0 Å². The molecule has 1 rings (SSSR count). The van der Waals surface area contributed by atoms with E-state index in [9.17, 15) is 17.6 Å². The number of hydrogen-bond donors (Lipinski definition) is 2. The van der Waals surface area contributed by atoms with Crippen LogP contribution in [0.25, 0.3) is 0 Å². The highest BCUT2D eigenvalue weighted by molar-refractivity contribution is 9.10. The summed E-state index contributed by atoms with van der Waals surface area (Å²) in [5.41, 5.74) is 0. The highest BCUT2D eigenvalue weighted by atomic mass is 79.9. The van der Waals surface area contributed by atoms with Gasteiger partial charge in [-0.05, 0) is 34.1 Å². The molecule has 0 saturated heterocycles. The Morgan fingerprint density at radius 1 is 1.47 bits per heavy atom. The first-order chi connectivity index (χ1) is 7.86. The number of carbonyl (C=O) groups is 1. The summed E-state index contributed by atoms with van der Waals surface area (Å²) in [7, 11) is -2.44. The molecule has 0 bridgehead atoms. The predicted molar refractivity (Wildman–Crippen MR) is 63.4 cm³/mol. The molecule has 8 heteroatoms. The summed E-state index contributed by atoms with van der Waals surface area (Å²) < 4.78 is 38.5. The Balaban J connectivity index is 2.94. The molecule has 0 aliphatic carbocycles. The van der Waals surface area contributed by atoms with E-state index in [2.05, 4.69) is 26.0 Å². The molecule has 1 aromatic rings. The van der Waals surface area contributed by atoms with E-state index < -0.39 is 21.7 Å². The standard InChI is InChI=1S/C9H10BrFN2O3S/c1-12-9(14)5-13-17(15,16)8-3-2-6(11)4-7(8)10/h2-4,13H,5H2,1H3,(H,12,14). The molecule has 0 heterocycles. The Morgan fingerprint density at radius 2 is 2.12 bits per heavy atom. The van der Waals surface area contributed by atoms with Gasteiger partial charge in [0.25, 0.3) is 0 Å². The van der Waals surface area contributed by atoms with Crippen LogP contribution >= 0.6 is 15.9 Å². The van der Waals surface area contributed by atoms with Crippen LogP contribution in [0.3, 0.4) is 0 Å². The number of benzene rings is 1. The van der Waals surface area contributed by atoms with Gasteiger partial charge >= 0.3 is 0 Å². The summed E-state index contributed by atoms with van der Waals surface area (Å²) in [6, 6.07) is 3.18. The van der Waals surface area contributed by atoms with Crippen LogP contribution < -0.4 is 10.0 Å². The van der Waals surface area contributed by atoms with E-state index in [1.54, 1.807) is 0 Å². The van der Waals surface area contributed by atoms with Crippen molar-refractivity contribution in [1.29, 1.82) is 0 Å². The summed E-state index contributed by atoms with van der Waals surface area (Å²) in [5, 5.41) is 2.28. The van der Waals surface area contributed by atoms with Crippen LogP contribution in [-0.4, -0.2) is 27.9 Å². The first-order valence-corrected chi connectivity index (χ1v) is 6.79. The summed E-state index contributed by atoms with van der Waals surface area (Å²) in [4.78, 5) is 10.8. The molecule has 0 aliphatic rings. The maximum Gasteiger partial charge on any atom is 0.242 e. The maximum atomic E-state index is 12.8. The molecule has 0 unspecified atom stereocenters. The number of amides is 1. The largest absolute Gasteiger partial charge is 0.358 e. The van der Waals surface area contributed by atoms with Crippen molar-refractivity contribution in [3.05, 3.63) is 28.5 Å².